The summed E-state index contributed by atoms with van der Waals surface area (Å²) in [5.74, 6) is -1.32. The van der Waals surface area contributed by atoms with E-state index in [1.54, 1.807) is 30.3 Å². The summed E-state index contributed by atoms with van der Waals surface area (Å²) >= 11 is 3.33. The second kappa shape index (κ2) is 8.44. The molecule has 2 fully saturated rings. The lowest BCUT2D eigenvalue weighted by molar-refractivity contribution is -0.122. The fraction of sp³-hybridized carbons (Fsp3) is 0.261. The van der Waals surface area contributed by atoms with E-state index < -0.39 is 17.8 Å². The summed E-state index contributed by atoms with van der Waals surface area (Å²) < 4.78 is 0.826. The van der Waals surface area contributed by atoms with Crippen LogP contribution in [0.4, 0.5) is 16.2 Å². The Balaban J connectivity index is 1.64. The molecule has 0 saturated carbocycles. The van der Waals surface area contributed by atoms with Crippen molar-refractivity contribution in [2.45, 2.75) is 26.2 Å². The van der Waals surface area contributed by atoms with E-state index in [-0.39, 0.29) is 5.57 Å². The van der Waals surface area contributed by atoms with E-state index in [1.165, 1.54) is 24.9 Å². The summed E-state index contributed by atoms with van der Waals surface area (Å²) in [6.07, 6.45) is 5.20. The molecular formula is C23H22BrN3O3. The fourth-order valence-corrected chi connectivity index (χ4v) is 4.17. The molecule has 0 radical (unpaired) electrons. The van der Waals surface area contributed by atoms with E-state index in [0.717, 1.165) is 33.6 Å². The van der Waals surface area contributed by atoms with Crippen LogP contribution < -0.4 is 15.1 Å². The third-order valence-electron chi connectivity index (χ3n) is 5.42. The van der Waals surface area contributed by atoms with Gasteiger partial charge in [0.05, 0.1) is 5.69 Å². The minimum absolute atomic E-state index is 0.0670. The number of hydrogen-bond acceptors (Lipinski definition) is 4. The first-order valence-electron chi connectivity index (χ1n) is 9.96. The number of hydrogen-bond donors (Lipinski definition) is 1. The number of carbonyl (C=O) groups excluding carboxylic acids is 3. The predicted molar refractivity (Wildman–Crippen MR) is 120 cm³/mol. The molecule has 4 rings (SSSR count). The molecule has 2 aliphatic rings. The average Bonchev–Trinajstić information content (AvgIpc) is 2.73. The van der Waals surface area contributed by atoms with Gasteiger partial charge < -0.3 is 4.90 Å². The van der Waals surface area contributed by atoms with E-state index in [4.69, 9.17) is 0 Å². The number of piperidine rings is 1. The minimum atomic E-state index is -0.749. The van der Waals surface area contributed by atoms with Gasteiger partial charge in [0.25, 0.3) is 11.8 Å². The number of amides is 4. The van der Waals surface area contributed by atoms with Crippen molar-refractivity contribution in [3.8, 4) is 0 Å². The topological polar surface area (TPSA) is 69.7 Å². The number of aryl methyl sites for hydroxylation is 1. The molecular weight excluding hydrogens is 446 g/mol. The molecule has 2 aromatic carbocycles. The van der Waals surface area contributed by atoms with E-state index in [1.807, 2.05) is 25.1 Å². The predicted octanol–water partition coefficient (Wildman–Crippen LogP) is 4.41. The Labute approximate surface area is 183 Å². The SMILES string of the molecule is Cc1cc(/C=C2\C(=O)NC(=O)N(c3ccc(Br)cc3)C2=O)ccc1N1CCCCC1. The number of halogens is 1. The van der Waals surface area contributed by atoms with Gasteiger partial charge in [-0.25, -0.2) is 9.69 Å². The Morgan fingerprint density at radius 2 is 1.67 bits per heavy atom. The van der Waals surface area contributed by atoms with Crippen molar-refractivity contribution in [2.75, 3.05) is 22.9 Å². The van der Waals surface area contributed by atoms with Crippen LogP contribution in [0.3, 0.4) is 0 Å². The minimum Gasteiger partial charge on any atom is -0.371 e. The first-order valence-corrected chi connectivity index (χ1v) is 10.8. The first kappa shape index (κ1) is 20.3. The van der Waals surface area contributed by atoms with Crippen molar-refractivity contribution in [3.05, 3.63) is 63.6 Å². The number of nitrogens with zero attached hydrogens (tertiary/aromatic N) is 2. The number of benzene rings is 2. The third kappa shape index (κ3) is 4.03. The molecule has 0 unspecified atom stereocenters. The standard InChI is InChI=1S/C23H22BrN3O3/c1-15-13-16(5-10-20(15)26-11-3-2-4-12-26)14-19-21(28)25-23(30)27(22(19)29)18-8-6-17(24)7-9-18/h5-10,13-14H,2-4,11-12H2,1H3,(H,25,28,30)/b19-14+. The Morgan fingerprint density at radius 1 is 0.967 bits per heavy atom. The molecule has 154 valence electrons. The van der Waals surface area contributed by atoms with Crippen LogP contribution in [0.2, 0.25) is 0 Å². The Morgan fingerprint density at radius 3 is 2.33 bits per heavy atom. The maximum Gasteiger partial charge on any atom is 0.335 e. The van der Waals surface area contributed by atoms with Crippen LogP contribution in [0, 0.1) is 6.92 Å². The van der Waals surface area contributed by atoms with Crippen LogP contribution in [0.15, 0.2) is 52.5 Å². The number of imide groups is 2. The lowest BCUT2D eigenvalue weighted by Gasteiger charge is -2.30. The number of nitrogens with one attached hydrogen (secondary N) is 1. The Bertz CT molecular complexity index is 1040. The fourth-order valence-electron chi connectivity index (χ4n) is 3.91. The summed E-state index contributed by atoms with van der Waals surface area (Å²) in [6.45, 7) is 4.13. The normalized spacial score (nSPS) is 18.7. The smallest absolute Gasteiger partial charge is 0.335 e. The Kier molecular flexibility index (Phi) is 5.72. The molecule has 7 heteroatoms. The van der Waals surface area contributed by atoms with Crippen molar-refractivity contribution < 1.29 is 14.4 Å². The van der Waals surface area contributed by atoms with Gasteiger partial charge in [-0.2, -0.15) is 0 Å². The summed E-state index contributed by atoms with van der Waals surface area (Å²) in [5.41, 5.74) is 3.36. The number of barbiturate groups is 1. The summed E-state index contributed by atoms with van der Waals surface area (Å²) in [4.78, 5) is 41.0. The second-order valence-corrected chi connectivity index (χ2v) is 8.44. The van der Waals surface area contributed by atoms with E-state index in [2.05, 4.69) is 26.1 Å². The number of carbonyl (C=O) groups is 3. The molecule has 6 nitrogen and oxygen atoms in total. The van der Waals surface area contributed by atoms with Crippen molar-refractivity contribution in [1.82, 2.24) is 5.32 Å². The lowest BCUT2D eigenvalue weighted by Crippen LogP contribution is -2.54. The molecule has 1 N–H and O–H groups in total. The van der Waals surface area contributed by atoms with Gasteiger partial charge in [-0.1, -0.05) is 22.0 Å². The lowest BCUT2D eigenvalue weighted by atomic mass is 10.0. The maximum absolute atomic E-state index is 13.0. The van der Waals surface area contributed by atoms with Crippen LogP contribution in [0.1, 0.15) is 30.4 Å². The third-order valence-corrected chi connectivity index (χ3v) is 5.94. The summed E-state index contributed by atoms with van der Waals surface area (Å²) in [6, 6.07) is 11.9. The van der Waals surface area contributed by atoms with Crippen LogP contribution in [0.25, 0.3) is 6.08 Å². The first-order chi connectivity index (χ1) is 14.4. The van der Waals surface area contributed by atoms with Gasteiger partial charge in [0.2, 0.25) is 0 Å². The number of urea groups is 1. The van der Waals surface area contributed by atoms with Crippen LogP contribution in [-0.4, -0.2) is 30.9 Å². The van der Waals surface area contributed by atoms with Gasteiger partial charge in [0, 0.05) is 23.2 Å². The zero-order valence-electron chi connectivity index (χ0n) is 16.7. The van der Waals surface area contributed by atoms with Gasteiger partial charge >= 0.3 is 6.03 Å². The zero-order valence-corrected chi connectivity index (χ0v) is 18.2. The van der Waals surface area contributed by atoms with Crippen molar-refractivity contribution >= 4 is 51.2 Å². The van der Waals surface area contributed by atoms with Crippen LogP contribution in [-0.2, 0) is 9.59 Å². The van der Waals surface area contributed by atoms with Crippen molar-refractivity contribution in [3.63, 3.8) is 0 Å². The highest BCUT2D eigenvalue weighted by Crippen LogP contribution is 2.27. The molecule has 2 aromatic rings. The van der Waals surface area contributed by atoms with Crippen molar-refractivity contribution in [1.29, 1.82) is 0 Å². The van der Waals surface area contributed by atoms with Gasteiger partial charge in [0.1, 0.15) is 5.57 Å². The highest BCUT2D eigenvalue weighted by Gasteiger charge is 2.36. The molecule has 30 heavy (non-hydrogen) atoms. The monoisotopic (exact) mass is 467 g/mol. The molecule has 0 aromatic heterocycles. The van der Waals surface area contributed by atoms with E-state index in [0.29, 0.717) is 5.69 Å². The van der Waals surface area contributed by atoms with Gasteiger partial charge in [-0.3, -0.25) is 14.9 Å². The van der Waals surface area contributed by atoms with Gasteiger partial charge in [0.15, 0.2) is 0 Å². The molecule has 2 heterocycles. The average molecular weight is 468 g/mol. The second-order valence-electron chi connectivity index (χ2n) is 7.53. The number of anilines is 2. The van der Waals surface area contributed by atoms with E-state index >= 15 is 0 Å². The largest absolute Gasteiger partial charge is 0.371 e. The Hall–Kier alpha value is -2.93. The summed E-state index contributed by atoms with van der Waals surface area (Å²) in [7, 11) is 0. The van der Waals surface area contributed by atoms with Crippen molar-refractivity contribution in [2.24, 2.45) is 0 Å². The van der Waals surface area contributed by atoms with Gasteiger partial charge in [-0.05, 0) is 79.8 Å². The van der Waals surface area contributed by atoms with Crippen LogP contribution in [0.5, 0.6) is 0 Å². The summed E-state index contributed by atoms with van der Waals surface area (Å²) in [5, 5.41) is 2.26. The highest BCUT2D eigenvalue weighted by atomic mass is 79.9. The molecule has 0 spiro atoms. The molecule has 0 aliphatic carbocycles. The molecule has 0 bridgehead atoms. The van der Waals surface area contributed by atoms with Gasteiger partial charge in [-0.15, -0.1) is 0 Å². The molecule has 2 saturated heterocycles. The highest BCUT2D eigenvalue weighted by molar-refractivity contribution is 9.10. The zero-order chi connectivity index (χ0) is 21.3. The molecule has 4 amide bonds. The van der Waals surface area contributed by atoms with E-state index in [9.17, 15) is 14.4 Å². The maximum atomic E-state index is 13.0. The molecule has 2 aliphatic heterocycles. The van der Waals surface area contributed by atoms with Crippen LogP contribution >= 0.6 is 15.9 Å². The number of rotatable bonds is 3. The molecule has 0 atom stereocenters. The quantitative estimate of drug-likeness (QED) is 0.535.